The molecule has 2 heterocycles. The first kappa shape index (κ1) is 17.7. The van der Waals surface area contributed by atoms with Crippen molar-refractivity contribution in [3.05, 3.63) is 29.8 Å². The molecule has 3 rings (SSSR count). The molecule has 2 fully saturated rings. The van der Waals surface area contributed by atoms with Crippen LogP contribution in [0.5, 0.6) is 5.75 Å². The number of carbonyl (C=O) groups is 2. The number of urea groups is 1. The van der Waals surface area contributed by atoms with Crippen LogP contribution in [0.2, 0.25) is 0 Å². The lowest BCUT2D eigenvalue weighted by atomic mass is 9.92. The Hall–Kier alpha value is -2.08. The van der Waals surface area contributed by atoms with Gasteiger partial charge in [0, 0.05) is 12.6 Å². The topological polar surface area (TPSA) is 61.9 Å². The molecule has 2 aliphatic rings. The fraction of sp³-hybridized carbons (Fsp3) is 0.579. The number of benzene rings is 1. The number of piperidine rings is 1. The third-order valence-corrected chi connectivity index (χ3v) is 5.47. The summed E-state index contributed by atoms with van der Waals surface area (Å²) in [4.78, 5) is 29.2. The zero-order chi connectivity index (χ0) is 18.0. The molecule has 0 spiro atoms. The molecule has 3 amide bonds. The third kappa shape index (κ3) is 3.23. The van der Waals surface area contributed by atoms with Crippen molar-refractivity contribution in [3.63, 3.8) is 0 Å². The first-order valence-electron chi connectivity index (χ1n) is 9.02. The summed E-state index contributed by atoms with van der Waals surface area (Å²) in [7, 11) is 1.59. The number of likely N-dealkylation sites (tertiary alicyclic amines) is 1. The second-order valence-electron chi connectivity index (χ2n) is 7.03. The van der Waals surface area contributed by atoms with Crippen molar-refractivity contribution in [2.45, 2.75) is 51.1 Å². The average molecular weight is 345 g/mol. The number of nitrogens with zero attached hydrogens (tertiary/aromatic N) is 2. The Labute approximate surface area is 149 Å². The monoisotopic (exact) mass is 345 g/mol. The molecule has 6 heteroatoms. The van der Waals surface area contributed by atoms with Gasteiger partial charge in [0.2, 0.25) is 0 Å². The van der Waals surface area contributed by atoms with Crippen molar-refractivity contribution >= 4 is 11.9 Å². The molecule has 25 heavy (non-hydrogen) atoms. The van der Waals surface area contributed by atoms with E-state index < -0.39 is 5.54 Å². The number of amides is 3. The van der Waals surface area contributed by atoms with Gasteiger partial charge in [-0.3, -0.25) is 9.69 Å². The molecule has 0 saturated carbocycles. The van der Waals surface area contributed by atoms with Gasteiger partial charge >= 0.3 is 6.03 Å². The van der Waals surface area contributed by atoms with Crippen LogP contribution in [0, 0.1) is 0 Å². The van der Waals surface area contributed by atoms with E-state index in [9.17, 15) is 9.59 Å². The quantitative estimate of drug-likeness (QED) is 0.834. The smallest absolute Gasteiger partial charge is 0.326 e. The van der Waals surface area contributed by atoms with Gasteiger partial charge < -0.3 is 10.1 Å². The first-order chi connectivity index (χ1) is 12.0. The van der Waals surface area contributed by atoms with Crippen LogP contribution in [0.15, 0.2) is 24.3 Å². The summed E-state index contributed by atoms with van der Waals surface area (Å²) in [6.45, 7) is 5.22. The molecule has 1 aromatic carbocycles. The van der Waals surface area contributed by atoms with Crippen molar-refractivity contribution in [3.8, 4) is 5.75 Å². The third-order valence-electron chi connectivity index (χ3n) is 5.47. The highest BCUT2D eigenvalue weighted by Crippen LogP contribution is 2.31. The van der Waals surface area contributed by atoms with Gasteiger partial charge in [-0.05, 0) is 43.9 Å². The Kier molecular flexibility index (Phi) is 4.99. The van der Waals surface area contributed by atoms with E-state index in [0.717, 1.165) is 31.4 Å². The Morgan fingerprint density at radius 1 is 1.32 bits per heavy atom. The zero-order valence-electron chi connectivity index (χ0n) is 15.2. The molecule has 1 aromatic rings. The molecular weight excluding hydrogens is 318 g/mol. The van der Waals surface area contributed by atoms with E-state index in [0.29, 0.717) is 18.5 Å². The van der Waals surface area contributed by atoms with Gasteiger partial charge in [0.1, 0.15) is 11.3 Å². The molecule has 0 radical (unpaired) electrons. The first-order valence-corrected chi connectivity index (χ1v) is 9.02. The summed E-state index contributed by atoms with van der Waals surface area (Å²) in [6.07, 6.45) is 4.51. The molecule has 0 aromatic heterocycles. The van der Waals surface area contributed by atoms with E-state index in [1.54, 1.807) is 20.1 Å². The van der Waals surface area contributed by atoms with Gasteiger partial charge in [0.15, 0.2) is 0 Å². The molecule has 136 valence electrons. The predicted molar refractivity (Wildman–Crippen MR) is 95.2 cm³/mol. The Morgan fingerprint density at radius 3 is 2.84 bits per heavy atom. The second-order valence-corrected chi connectivity index (χ2v) is 7.03. The standard InChI is InChI=1S/C19H27N3O3/c1-4-15-9-5-6-11-21(15)13-22-17(23)19(2,20-18(22)24)14-8-7-10-16(12-14)25-3/h7-8,10,12,15H,4-6,9,11,13H2,1-3H3,(H,20,24)/t15-,19-/m1/s1. The van der Waals surface area contributed by atoms with Gasteiger partial charge in [-0.1, -0.05) is 25.5 Å². The van der Waals surface area contributed by atoms with Crippen LogP contribution < -0.4 is 10.1 Å². The van der Waals surface area contributed by atoms with E-state index >= 15 is 0 Å². The van der Waals surface area contributed by atoms with E-state index in [4.69, 9.17) is 4.74 Å². The highest BCUT2D eigenvalue weighted by Gasteiger charge is 2.49. The van der Waals surface area contributed by atoms with Crippen molar-refractivity contribution in [1.82, 2.24) is 15.1 Å². The Bertz CT molecular complexity index is 663. The molecule has 2 aliphatic heterocycles. The number of nitrogens with one attached hydrogen (secondary N) is 1. The summed E-state index contributed by atoms with van der Waals surface area (Å²) in [5.41, 5.74) is -0.318. The Balaban J connectivity index is 1.81. The van der Waals surface area contributed by atoms with E-state index in [2.05, 4.69) is 17.1 Å². The number of imide groups is 1. The number of ether oxygens (including phenoxy) is 1. The summed E-state index contributed by atoms with van der Waals surface area (Å²) in [5, 5.41) is 2.88. The maximum atomic E-state index is 13.1. The van der Waals surface area contributed by atoms with Crippen LogP contribution in [0.25, 0.3) is 0 Å². The Morgan fingerprint density at radius 2 is 2.12 bits per heavy atom. The molecule has 0 unspecified atom stereocenters. The van der Waals surface area contributed by atoms with Crippen LogP contribution in [-0.2, 0) is 10.3 Å². The van der Waals surface area contributed by atoms with Crippen molar-refractivity contribution < 1.29 is 14.3 Å². The van der Waals surface area contributed by atoms with E-state index in [1.165, 1.54) is 11.3 Å². The van der Waals surface area contributed by atoms with Gasteiger partial charge in [-0.25, -0.2) is 9.69 Å². The highest BCUT2D eigenvalue weighted by atomic mass is 16.5. The SMILES string of the molecule is CC[C@@H]1CCCCN1CN1C(=O)N[C@](C)(c2cccc(OC)c2)C1=O. The lowest BCUT2D eigenvalue weighted by Crippen LogP contribution is -2.48. The molecule has 0 bridgehead atoms. The fourth-order valence-corrected chi connectivity index (χ4v) is 3.85. The molecule has 0 aliphatic carbocycles. The number of rotatable bonds is 5. The number of hydrogen-bond donors (Lipinski definition) is 1. The molecule has 6 nitrogen and oxygen atoms in total. The fourth-order valence-electron chi connectivity index (χ4n) is 3.85. The van der Waals surface area contributed by atoms with Crippen LogP contribution in [0.3, 0.4) is 0 Å². The second kappa shape index (κ2) is 7.04. The minimum atomic E-state index is -1.05. The summed E-state index contributed by atoms with van der Waals surface area (Å²) < 4.78 is 5.25. The number of methoxy groups -OCH3 is 1. The summed E-state index contributed by atoms with van der Waals surface area (Å²) in [5.74, 6) is 0.465. The number of carbonyl (C=O) groups excluding carboxylic acids is 2. The molecular formula is C19H27N3O3. The maximum Gasteiger partial charge on any atom is 0.326 e. The van der Waals surface area contributed by atoms with Crippen molar-refractivity contribution in [1.29, 1.82) is 0 Å². The summed E-state index contributed by atoms with van der Waals surface area (Å²) >= 11 is 0. The molecule has 2 atom stereocenters. The number of hydrogen-bond acceptors (Lipinski definition) is 4. The van der Waals surface area contributed by atoms with Crippen molar-refractivity contribution in [2.24, 2.45) is 0 Å². The highest BCUT2D eigenvalue weighted by molar-refractivity contribution is 6.07. The van der Waals surface area contributed by atoms with Crippen molar-refractivity contribution in [2.75, 3.05) is 20.3 Å². The minimum Gasteiger partial charge on any atom is -0.497 e. The lowest BCUT2D eigenvalue weighted by molar-refractivity contribution is -0.133. The lowest BCUT2D eigenvalue weighted by Gasteiger charge is -2.37. The minimum absolute atomic E-state index is 0.203. The van der Waals surface area contributed by atoms with Gasteiger partial charge in [0.05, 0.1) is 13.8 Å². The van der Waals surface area contributed by atoms with Crippen LogP contribution in [0.1, 0.15) is 45.1 Å². The average Bonchev–Trinajstić information content (AvgIpc) is 2.86. The summed E-state index contributed by atoms with van der Waals surface area (Å²) in [6, 6.07) is 7.43. The van der Waals surface area contributed by atoms with E-state index in [-0.39, 0.29) is 11.9 Å². The van der Waals surface area contributed by atoms with Crippen LogP contribution in [0.4, 0.5) is 4.79 Å². The van der Waals surface area contributed by atoms with Crippen LogP contribution >= 0.6 is 0 Å². The zero-order valence-corrected chi connectivity index (χ0v) is 15.2. The maximum absolute atomic E-state index is 13.1. The van der Waals surface area contributed by atoms with Crippen LogP contribution in [-0.4, -0.2) is 48.1 Å². The van der Waals surface area contributed by atoms with Gasteiger partial charge in [-0.2, -0.15) is 0 Å². The molecule has 2 saturated heterocycles. The van der Waals surface area contributed by atoms with Gasteiger partial charge in [0.25, 0.3) is 5.91 Å². The van der Waals surface area contributed by atoms with Gasteiger partial charge in [-0.15, -0.1) is 0 Å². The predicted octanol–water partition coefficient (Wildman–Crippen LogP) is 2.68. The normalized spacial score (nSPS) is 27.5. The van der Waals surface area contributed by atoms with E-state index in [1.807, 2.05) is 18.2 Å². The largest absolute Gasteiger partial charge is 0.497 e. The molecule has 1 N–H and O–H groups in total.